The van der Waals surface area contributed by atoms with E-state index in [4.69, 9.17) is 0 Å². The Morgan fingerprint density at radius 3 is 2.58 bits per heavy atom. The average Bonchev–Trinajstić information content (AvgIpc) is 2.41. The molecular weight excluding hydrogens is 328 g/mol. The predicted molar refractivity (Wildman–Crippen MR) is 84.1 cm³/mol. The first kappa shape index (κ1) is 16.5. The molecule has 0 spiro atoms. The number of rotatable bonds is 2. The van der Waals surface area contributed by atoms with E-state index in [1.165, 1.54) is 0 Å². The van der Waals surface area contributed by atoms with Crippen LogP contribution < -0.4 is 5.32 Å². The molecule has 1 fully saturated rings. The number of amides is 1. The molecule has 0 aromatic heterocycles. The van der Waals surface area contributed by atoms with Crippen molar-refractivity contribution in [3.8, 4) is 0 Å². The summed E-state index contributed by atoms with van der Waals surface area (Å²) in [4.78, 5) is 14.4. The summed E-state index contributed by atoms with van der Waals surface area (Å²) in [6.07, 6.45) is 2.07. The molecule has 0 bridgehead atoms. The highest BCUT2D eigenvalue weighted by molar-refractivity contribution is 9.10. The normalized spacial score (nSPS) is 16.1. The van der Waals surface area contributed by atoms with Crippen LogP contribution in [0.1, 0.15) is 28.8 Å². The third-order valence-electron chi connectivity index (χ3n) is 3.69. The first-order valence-corrected chi connectivity index (χ1v) is 7.14. The smallest absolute Gasteiger partial charge is 0.254 e. The average molecular weight is 348 g/mol. The van der Waals surface area contributed by atoms with Crippen LogP contribution in [0.25, 0.3) is 0 Å². The number of nitrogens with one attached hydrogen (secondary N) is 1. The zero-order valence-corrected chi connectivity index (χ0v) is 13.7. The van der Waals surface area contributed by atoms with Gasteiger partial charge in [-0.15, -0.1) is 12.4 Å². The fourth-order valence-corrected chi connectivity index (χ4v) is 2.75. The van der Waals surface area contributed by atoms with E-state index in [0.717, 1.165) is 41.5 Å². The van der Waals surface area contributed by atoms with Gasteiger partial charge in [0, 0.05) is 29.2 Å². The van der Waals surface area contributed by atoms with Crippen LogP contribution in [-0.2, 0) is 0 Å². The van der Waals surface area contributed by atoms with E-state index in [9.17, 15) is 4.79 Å². The van der Waals surface area contributed by atoms with Crippen molar-refractivity contribution in [2.45, 2.75) is 25.8 Å². The SMILES string of the molecule is CNC1CCN(C(=O)c2cccc(Br)c2C)CC1.Cl. The molecule has 0 aliphatic carbocycles. The fraction of sp³-hybridized carbons (Fsp3) is 0.500. The molecule has 3 nitrogen and oxygen atoms in total. The van der Waals surface area contributed by atoms with Crippen molar-refractivity contribution in [2.24, 2.45) is 0 Å². The van der Waals surface area contributed by atoms with Crippen molar-refractivity contribution < 1.29 is 4.79 Å². The molecule has 0 atom stereocenters. The van der Waals surface area contributed by atoms with E-state index in [1.807, 2.05) is 37.1 Å². The summed E-state index contributed by atoms with van der Waals surface area (Å²) in [6, 6.07) is 6.36. The largest absolute Gasteiger partial charge is 0.339 e. The van der Waals surface area contributed by atoms with Gasteiger partial charge in [0.2, 0.25) is 0 Å². The molecule has 1 amide bonds. The molecule has 1 N–H and O–H groups in total. The van der Waals surface area contributed by atoms with E-state index < -0.39 is 0 Å². The number of carbonyl (C=O) groups excluding carboxylic acids is 1. The van der Waals surface area contributed by atoms with Gasteiger partial charge in [-0.2, -0.15) is 0 Å². The van der Waals surface area contributed by atoms with Gasteiger partial charge >= 0.3 is 0 Å². The van der Waals surface area contributed by atoms with Gasteiger partial charge in [-0.3, -0.25) is 4.79 Å². The van der Waals surface area contributed by atoms with Crippen molar-refractivity contribution in [2.75, 3.05) is 20.1 Å². The van der Waals surface area contributed by atoms with Crippen LogP contribution in [0.4, 0.5) is 0 Å². The van der Waals surface area contributed by atoms with E-state index in [0.29, 0.717) is 6.04 Å². The van der Waals surface area contributed by atoms with Gasteiger partial charge < -0.3 is 10.2 Å². The summed E-state index contributed by atoms with van der Waals surface area (Å²) in [6.45, 7) is 3.67. The molecule has 0 radical (unpaired) electrons. The minimum atomic E-state index is 0. The Balaban J connectivity index is 0.00000180. The standard InChI is InChI=1S/C14H19BrN2O.ClH/c1-10-12(4-3-5-13(10)15)14(18)17-8-6-11(16-2)7-9-17;/h3-5,11,16H,6-9H2,1-2H3;1H. The first-order valence-electron chi connectivity index (χ1n) is 6.35. The minimum absolute atomic E-state index is 0. The maximum Gasteiger partial charge on any atom is 0.254 e. The zero-order valence-electron chi connectivity index (χ0n) is 11.3. The van der Waals surface area contributed by atoms with E-state index in [-0.39, 0.29) is 18.3 Å². The van der Waals surface area contributed by atoms with Gasteiger partial charge in [-0.1, -0.05) is 22.0 Å². The molecular formula is C14H20BrClN2O. The first-order chi connectivity index (χ1) is 8.63. The number of piperidine rings is 1. The van der Waals surface area contributed by atoms with Gasteiger partial charge in [-0.05, 0) is 44.5 Å². The second-order valence-corrected chi connectivity index (χ2v) is 5.62. The summed E-state index contributed by atoms with van der Waals surface area (Å²) in [7, 11) is 1.99. The predicted octanol–water partition coefficient (Wildman–Crippen LogP) is 3.00. The third kappa shape index (κ3) is 3.71. The summed E-state index contributed by atoms with van der Waals surface area (Å²) in [5.74, 6) is 0.156. The highest BCUT2D eigenvalue weighted by Crippen LogP contribution is 2.22. The summed E-state index contributed by atoms with van der Waals surface area (Å²) in [5, 5.41) is 3.28. The van der Waals surface area contributed by atoms with Crippen molar-refractivity contribution in [3.63, 3.8) is 0 Å². The number of halogens is 2. The molecule has 1 heterocycles. The minimum Gasteiger partial charge on any atom is -0.339 e. The Morgan fingerprint density at radius 1 is 1.37 bits per heavy atom. The van der Waals surface area contributed by atoms with Crippen LogP contribution in [0.5, 0.6) is 0 Å². The molecule has 0 unspecified atom stereocenters. The van der Waals surface area contributed by atoms with E-state index >= 15 is 0 Å². The third-order valence-corrected chi connectivity index (χ3v) is 4.55. The molecule has 1 aromatic rings. The Kier molecular flexibility index (Phi) is 6.30. The highest BCUT2D eigenvalue weighted by Gasteiger charge is 2.23. The van der Waals surface area contributed by atoms with Crippen LogP contribution in [-0.4, -0.2) is 37.0 Å². The topological polar surface area (TPSA) is 32.3 Å². The Bertz CT molecular complexity index is 445. The second kappa shape index (κ2) is 7.27. The second-order valence-electron chi connectivity index (χ2n) is 4.77. The Hall–Kier alpha value is -0.580. The summed E-state index contributed by atoms with van der Waals surface area (Å²) in [5.41, 5.74) is 1.84. The van der Waals surface area contributed by atoms with Crippen molar-refractivity contribution in [1.82, 2.24) is 10.2 Å². The summed E-state index contributed by atoms with van der Waals surface area (Å²) >= 11 is 3.48. The lowest BCUT2D eigenvalue weighted by molar-refractivity contribution is 0.0706. The molecule has 19 heavy (non-hydrogen) atoms. The summed E-state index contributed by atoms with van der Waals surface area (Å²) < 4.78 is 0.999. The molecule has 2 rings (SSSR count). The number of nitrogens with zero attached hydrogens (tertiary/aromatic N) is 1. The monoisotopic (exact) mass is 346 g/mol. The van der Waals surface area contributed by atoms with Gasteiger partial charge in [-0.25, -0.2) is 0 Å². The van der Waals surface area contributed by atoms with Crippen molar-refractivity contribution in [3.05, 3.63) is 33.8 Å². The molecule has 1 aliphatic heterocycles. The van der Waals surface area contributed by atoms with Crippen LogP contribution in [0.3, 0.4) is 0 Å². The Labute approximate surface area is 129 Å². The molecule has 1 saturated heterocycles. The number of hydrogen-bond acceptors (Lipinski definition) is 2. The molecule has 1 aromatic carbocycles. The maximum atomic E-state index is 12.5. The lowest BCUT2D eigenvalue weighted by Gasteiger charge is -2.32. The van der Waals surface area contributed by atoms with Crippen LogP contribution in [0.2, 0.25) is 0 Å². The number of likely N-dealkylation sites (tertiary alicyclic amines) is 1. The van der Waals surface area contributed by atoms with E-state index in [2.05, 4.69) is 21.2 Å². The molecule has 1 aliphatic rings. The Morgan fingerprint density at radius 2 is 2.00 bits per heavy atom. The van der Waals surface area contributed by atoms with Crippen LogP contribution >= 0.6 is 28.3 Å². The van der Waals surface area contributed by atoms with Gasteiger partial charge in [0.25, 0.3) is 5.91 Å². The molecule has 106 valence electrons. The van der Waals surface area contributed by atoms with Crippen molar-refractivity contribution >= 4 is 34.2 Å². The highest BCUT2D eigenvalue weighted by atomic mass is 79.9. The van der Waals surface area contributed by atoms with Gasteiger partial charge in [0.05, 0.1) is 0 Å². The quantitative estimate of drug-likeness (QED) is 0.892. The van der Waals surface area contributed by atoms with Gasteiger partial charge in [0.15, 0.2) is 0 Å². The number of carbonyl (C=O) groups is 1. The molecule has 0 saturated carbocycles. The van der Waals surface area contributed by atoms with E-state index in [1.54, 1.807) is 0 Å². The lowest BCUT2D eigenvalue weighted by atomic mass is 10.0. The van der Waals surface area contributed by atoms with Gasteiger partial charge in [0.1, 0.15) is 0 Å². The maximum absolute atomic E-state index is 12.5. The lowest BCUT2D eigenvalue weighted by Crippen LogP contribution is -2.44. The van der Waals surface area contributed by atoms with Crippen LogP contribution in [0.15, 0.2) is 22.7 Å². The number of benzene rings is 1. The number of hydrogen-bond donors (Lipinski definition) is 1. The fourth-order valence-electron chi connectivity index (χ4n) is 2.38. The van der Waals surface area contributed by atoms with Crippen molar-refractivity contribution in [1.29, 1.82) is 0 Å². The van der Waals surface area contributed by atoms with Crippen LogP contribution in [0, 0.1) is 6.92 Å². The molecule has 5 heteroatoms. The zero-order chi connectivity index (χ0) is 13.1.